The molecule has 0 saturated heterocycles. The van der Waals surface area contributed by atoms with Gasteiger partial charge in [-0.05, 0) is 48.6 Å². The van der Waals surface area contributed by atoms with Crippen LogP contribution < -0.4 is 5.32 Å². The van der Waals surface area contributed by atoms with E-state index >= 15 is 0 Å². The van der Waals surface area contributed by atoms with Crippen LogP contribution in [0.25, 0.3) is 0 Å². The number of aliphatic hydroxyl groups excluding tert-OH is 1. The molecule has 2 N–H and O–H groups in total. The molecule has 4 nitrogen and oxygen atoms in total. The third-order valence-corrected chi connectivity index (χ3v) is 4.81. The van der Waals surface area contributed by atoms with Crippen LogP contribution in [0, 0.1) is 5.82 Å². The van der Waals surface area contributed by atoms with E-state index in [2.05, 4.69) is 10.3 Å². The Morgan fingerprint density at radius 3 is 2.55 bits per heavy atom. The summed E-state index contributed by atoms with van der Waals surface area (Å²) < 4.78 is 13.7. The van der Waals surface area contributed by atoms with Crippen LogP contribution in [0.4, 0.5) is 4.39 Å². The SMILES string of the molecule is O=C(NCCc1ccccc1)c1cccnc1CC(O)CCc1ccccc1F. The number of nitrogens with zero attached hydrogens (tertiary/aromatic N) is 1. The molecular formula is C24H25FN2O2. The Hall–Kier alpha value is -3.05. The number of aromatic nitrogens is 1. The molecular weight excluding hydrogens is 367 g/mol. The molecule has 5 heteroatoms. The molecule has 0 aliphatic rings. The maximum Gasteiger partial charge on any atom is 0.253 e. The van der Waals surface area contributed by atoms with Crippen LogP contribution >= 0.6 is 0 Å². The van der Waals surface area contributed by atoms with Crippen molar-refractivity contribution in [1.82, 2.24) is 10.3 Å². The van der Waals surface area contributed by atoms with Gasteiger partial charge in [0.1, 0.15) is 5.82 Å². The summed E-state index contributed by atoms with van der Waals surface area (Å²) in [6, 6.07) is 19.9. The summed E-state index contributed by atoms with van der Waals surface area (Å²) in [4.78, 5) is 16.9. The van der Waals surface area contributed by atoms with Gasteiger partial charge in [-0.3, -0.25) is 9.78 Å². The molecule has 0 bridgehead atoms. The molecule has 2 aromatic carbocycles. The van der Waals surface area contributed by atoms with Gasteiger partial charge in [0.15, 0.2) is 0 Å². The lowest BCUT2D eigenvalue weighted by Gasteiger charge is -2.13. The highest BCUT2D eigenvalue weighted by molar-refractivity contribution is 5.95. The topological polar surface area (TPSA) is 62.2 Å². The molecule has 3 aromatic rings. The van der Waals surface area contributed by atoms with Crippen molar-refractivity contribution in [3.05, 3.63) is 101 Å². The van der Waals surface area contributed by atoms with Crippen molar-refractivity contribution in [2.45, 2.75) is 31.8 Å². The maximum absolute atomic E-state index is 13.7. The van der Waals surface area contributed by atoms with Crippen LogP contribution in [-0.4, -0.2) is 28.6 Å². The maximum atomic E-state index is 13.7. The van der Waals surface area contributed by atoms with Crippen molar-refractivity contribution in [1.29, 1.82) is 0 Å². The average molecular weight is 392 g/mol. The van der Waals surface area contributed by atoms with Crippen LogP contribution in [0.1, 0.15) is 33.6 Å². The van der Waals surface area contributed by atoms with Gasteiger partial charge in [-0.2, -0.15) is 0 Å². The molecule has 0 radical (unpaired) electrons. The van der Waals surface area contributed by atoms with Gasteiger partial charge in [0.25, 0.3) is 5.91 Å². The van der Waals surface area contributed by atoms with Gasteiger partial charge in [0.2, 0.25) is 0 Å². The molecule has 1 aromatic heterocycles. The van der Waals surface area contributed by atoms with Gasteiger partial charge in [0, 0.05) is 19.2 Å². The Bertz CT molecular complexity index is 931. The van der Waals surface area contributed by atoms with E-state index in [4.69, 9.17) is 0 Å². The number of pyridine rings is 1. The Morgan fingerprint density at radius 1 is 1.00 bits per heavy atom. The van der Waals surface area contributed by atoms with Crippen molar-refractivity contribution in [2.75, 3.05) is 6.54 Å². The van der Waals surface area contributed by atoms with Crippen LogP contribution in [0.5, 0.6) is 0 Å². The fourth-order valence-electron chi connectivity index (χ4n) is 3.22. The Kier molecular flexibility index (Phi) is 7.47. The lowest BCUT2D eigenvalue weighted by Crippen LogP contribution is -2.28. The molecule has 3 rings (SSSR count). The highest BCUT2D eigenvalue weighted by atomic mass is 19.1. The van der Waals surface area contributed by atoms with Crippen molar-refractivity contribution < 1.29 is 14.3 Å². The number of amides is 1. The quantitative estimate of drug-likeness (QED) is 0.583. The number of aryl methyl sites for hydroxylation is 1. The molecule has 0 aliphatic carbocycles. The van der Waals surface area contributed by atoms with E-state index in [0.717, 1.165) is 12.0 Å². The molecule has 0 saturated carbocycles. The van der Waals surface area contributed by atoms with Crippen molar-refractivity contribution in [2.24, 2.45) is 0 Å². The van der Waals surface area contributed by atoms with Gasteiger partial charge in [-0.15, -0.1) is 0 Å². The molecule has 29 heavy (non-hydrogen) atoms. The lowest BCUT2D eigenvalue weighted by molar-refractivity contribution is 0.0951. The number of carbonyl (C=O) groups is 1. The van der Waals surface area contributed by atoms with Gasteiger partial charge in [0.05, 0.1) is 17.4 Å². The summed E-state index contributed by atoms with van der Waals surface area (Å²) in [5.41, 5.74) is 2.74. The first-order chi connectivity index (χ1) is 14.1. The second kappa shape index (κ2) is 10.5. The van der Waals surface area contributed by atoms with Gasteiger partial charge in [-0.25, -0.2) is 4.39 Å². The monoisotopic (exact) mass is 392 g/mol. The minimum Gasteiger partial charge on any atom is -0.393 e. The van der Waals surface area contributed by atoms with Crippen LogP contribution in [0.3, 0.4) is 0 Å². The highest BCUT2D eigenvalue weighted by Gasteiger charge is 2.16. The third kappa shape index (κ3) is 6.22. The normalized spacial score (nSPS) is 11.8. The summed E-state index contributed by atoms with van der Waals surface area (Å²) in [7, 11) is 0. The van der Waals surface area contributed by atoms with Gasteiger partial charge >= 0.3 is 0 Å². The number of nitrogens with one attached hydrogen (secondary N) is 1. The molecule has 0 spiro atoms. The zero-order chi connectivity index (χ0) is 20.5. The largest absolute Gasteiger partial charge is 0.393 e. The van der Waals surface area contributed by atoms with Crippen molar-refractivity contribution in [3.63, 3.8) is 0 Å². The van der Waals surface area contributed by atoms with E-state index in [1.165, 1.54) is 6.07 Å². The highest BCUT2D eigenvalue weighted by Crippen LogP contribution is 2.14. The van der Waals surface area contributed by atoms with Crippen molar-refractivity contribution in [3.8, 4) is 0 Å². The summed E-state index contributed by atoms with van der Waals surface area (Å²) >= 11 is 0. The number of rotatable bonds is 9. The van der Waals surface area contributed by atoms with Crippen LogP contribution in [0.2, 0.25) is 0 Å². The lowest BCUT2D eigenvalue weighted by atomic mass is 10.0. The minimum absolute atomic E-state index is 0.203. The zero-order valence-electron chi connectivity index (χ0n) is 16.2. The van der Waals surface area contributed by atoms with E-state index in [9.17, 15) is 14.3 Å². The van der Waals surface area contributed by atoms with Crippen molar-refractivity contribution >= 4 is 5.91 Å². The Morgan fingerprint density at radius 2 is 1.76 bits per heavy atom. The second-order valence-corrected chi connectivity index (χ2v) is 6.98. The molecule has 0 aliphatic heterocycles. The fourth-order valence-corrected chi connectivity index (χ4v) is 3.22. The predicted molar refractivity (Wildman–Crippen MR) is 111 cm³/mol. The van der Waals surface area contributed by atoms with Crippen LogP contribution in [-0.2, 0) is 19.3 Å². The minimum atomic E-state index is -0.708. The van der Waals surface area contributed by atoms with E-state index in [0.29, 0.717) is 36.2 Å². The molecule has 1 unspecified atom stereocenters. The number of halogens is 1. The first-order valence-electron chi connectivity index (χ1n) is 9.81. The molecule has 1 amide bonds. The standard InChI is InChI=1S/C24H25FN2O2/c25-22-11-5-4-9-19(22)12-13-20(28)17-23-21(10-6-15-26-23)24(29)27-16-14-18-7-2-1-3-8-18/h1-11,15,20,28H,12-14,16-17H2,(H,27,29). The van der Waals surface area contributed by atoms with E-state index in [-0.39, 0.29) is 18.1 Å². The first-order valence-corrected chi connectivity index (χ1v) is 9.81. The fraction of sp³-hybridized carbons (Fsp3) is 0.250. The smallest absolute Gasteiger partial charge is 0.253 e. The van der Waals surface area contributed by atoms with E-state index in [1.54, 1.807) is 36.5 Å². The zero-order valence-corrected chi connectivity index (χ0v) is 16.2. The van der Waals surface area contributed by atoms with Gasteiger partial charge < -0.3 is 10.4 Å². The summed E-state index contributed by atoms with van der Waals surface area (Å²) in [5, 5.41) is 13.3. The number of carbonyl (C=O) groups excluding carboxylic acids is 1. The Labute approximate surface area is 170 Å². The summed E-state index contributed by atoms with van der Waals surface area (Å²) in [6.45, 7) is 0.521. The third-order valence-electron chi connectivity index (χ3n) is 4.81. The number of hydrogen-bond acceptors (Lipinski definition) is 3. The first kappa shape index (κ1) is 20.7. The van der Waals surface area contributed by atoms with Crippen LogP contribution in [0.15, 0.2) is 72.9 Å². The number of aliphatic hydroxyl groups is 1. The summed E-state index contributed by atoms with van der Waals surface area (Å²) in [6.07, 6.45) is 2.72. The molecule has 1 heterocycles. The number of hydrogen-bond donors (Lipinski definition) is 2. The van der Waals surface area contributed by atoms with E-state index in [1.807, 2.05) is 30.3 Å². The number of benzene rings is 2. The van der Waals surface area contributed by atoms with E-state index < -0.39 is 6.10 Å². The second-order valence-electron chi connectivity index (χ2n) is 6.98. The Balaban J connectivity index is 1.55. The summed E-state index contributed by atoms with van der Waals surface area (Å²) in [5.74, 6) is -0.471. The van der Waals surface area contributed by atoms with Gasteiger partial charge in [-0.1, -0.05) is 48.5 Å². The molecule has 150 valence electrons. The molecule has 0 fully saturated rings. The molecule has 1 atom stereocenters. The average Bonchev–Trinajstić information content (AvgIpc) is 2.74. The predicted octanol–water partition coefficient (Wildman–Crippen LogP) is 3.73.